The topological polar surface area (TPSA) is 101 Å². The SMILES string of the molecule is COc1cccnc1C(=O)NC1=CC(=O)C2OC2C1O. The molecule has 0 spiro atoms. The van der Waals surface area contributed by atoms with Crippen LogP contribution in [0.3, 0.4) is 0 Å². The molecule has 1 aliphatic carbocycles. The number of epoxide rings is 1. The van der Waals surface area contributed by atoms with Gasteiger partial charge in [-0.2, -0.15) is 0 Å². The first-order valence-corrected chi connectivity index (χ1v) is 6.01. The third kappa shape index (κ3) is 2.06. The van der Waals surface area contributed by atoms with Crippen LogP contribution in [0.4, 0.5) is 0 Å². The Labute approximate surface area is 114 Å². The minimum atomic E-state index is -1.02. The highest BCUT2D eigenvalue weighted by Gasteiger charge is 2.53. The zero-order valence-corrected chi connectivity index (χ0v) is 10.6. The molecule has 20 heavy (non-hydrogen) atoms. The van der Waals surface area contributed by atoms with Crippen molar-refractivity contribution >= 4 is 11.7 Å². The molecule has 1 saturated heterocycles. The third-order valence-electron chi connectivity index (χ3n) is 3.20. The number of carbonyl (C=O) groups is 2. The Morgan fingerprint density at radius 1 is 1.55 bits per heavy atom. The van der Waals surface area contributed by atoms with E-state index in [1.54, 1.807) is 12.1 Å². The Morgan fingerprint density at radius 3 is 3.10 bits per heavy atom. The summed E-state index contributed by atoms with van der Waals surface area (Å²) in [7, 11) is 1.43. The maximum absolute atomic E-state index is 12.1. The molecular weight excluding hydrogens is 264 g/mol. The summed E-state index contributed by atoms with van der Waals surface area (Å²) < 4.78 is 10.1. The standard InChI is InChI=1S/C13H12N2O5/c1-19-8-3-2-4-14-9(8)13(18)15-6-5-7(16)11-12(20-11)10(6)17/h2-5,10-12,17H,1H3,(H,15,18). The predicted molar refractivity (Wildman–Crippen MR) is 66.0 cm³/mol. The number of rotatable bonds is 3. The van der Waals surface area contributed by atoms with Crippen LogP contribution in [0.5, 0.6) is 5.75 Å². The minimum absolute atomic E-state index is 0.0781. The number of ketones is 1. The van der Waals surface area contributed by atoms with E-state index in [1.807, 2.05) is 0 Å². The van der Waals surface area contributed by atoms with Gasteiger partial charge in [-0.05, 0) is 12.1 Å². The van der Waals surface area contributed by atoms with Gasteiger partial charge in [-0.25, -0.2) is 4.98 Å². The van der Waals surface area contributed by atoms with Gasteiger partial charge < -0.3 is 19.9 Å². The number of ether oxygens (including phenoxy) is 2. The van der Waals surface area contributed by atoms with E-state index in [0.717, 1.165) is 0 Å². The summed E-state index contributed by atoms with van der Waals surface area (Å²) in [5.74, 6) is -0.508. The number of aliphatic hydroxyl groups excluding tert-OH is 1. The maximum Gasteiger partial charge on any atom is 0.277 e. The van der Waals surface area contributed by atoms with Crippen molar-refractivity contribution in [3.05, 3.63) is 35.8 Å². The first-order chi connectivity index (χ1) is 9.61. The van der Waals surface area contributed by atoms with E-state index in [9.17, 15) is 14.7 Å². The van der Waals surface area contributed by atoms with Gasteiger partial charge in [0.15, 0.2) is 11.5 Å². The molecule has 3 rings (SSSR count). The van der Waals surface area contributed by atoms with Crippen LogP contribution >= 0.6 is 0 Å². The third-order valence-corrected chi connectivity index (χ3v) is 3.20. The molecule has 0 radical (unpaired) electrons. The molecular formula is C13H12N2O5. The molecule has 1 aliphatic heterocycles. The van der Waals surface area contributed by atoms with Gasteiger partial charge in [0.2, 0.25) is 0 Å². The van der Waals surface area contributed by atoms with Crippen LogP contribution in [0.15, 0.2) is 30.1 Å². The fourth-order valence-electron chi connectivity index (χ4n) is 2.12. The molecule has 7 heteroatoms. The second-order valence-corrected chi connectivity index (χ2v) is 4.48. The molecule has 1 aromatic rings. The van der Waals surface area contributed by atoms with Gasteiger partial charge in [-0.3, -0.25) is 9.59 Å². The minimum Gasteiger partial charge on any atom is -0.494 e. The van der Waals surface area contributed by atoms with Crippen molar-refractivity contribution in [3.63, 3.8) is 0 Å². The molecule has 2 aliphatic rings. The maximum atomic E-state index is 12.1. The van der Waals surface area contributed by atoms with Crippen molar-refractivity contribution in [3.8, 4) is 5.75 Å². The molecule has 3 unspecified atom stereocenters. The molecule has 7 nitrogen and oxygen atoms in total. The van der Waals surface area contributed by atoms with Gasteiger partial charge in [0.05, 0.1) is 12.8 Å². The van der Waals surface area contributed by atoms with Crippen LogP contribution in [0, 0.1) is 0 Å². The van der Waals surface area contributed by atoms with Crippen LogP contribution < -0.4 is 10.1 Å². The predicted octanol–water partition coefficient (Wildman–Crippen LogP) is -0.585. The van der Waals surface area contributed by atoms with Crippen LogP contribution in [-0.2, 0) is 9.53 Å². The highest BCUT2D eigenvalue weighted by Crippen LogP contribution is 2.33. The van der Waals surface area contributed by atoms with Gasteiger partial charge in [-0.1, -0.05) is 0 Å². The Bertz CT molecular complexity index is 613. The zero-order valence-electron chi connectivity index (χ0n) is 10.6. The number of aliphatic hydroxyl groups is 1. The van der Waals surface area contributed by atoms with E-state index in [-0.39, 0.29) is 17.2 Å². The molecule has 3 atom stereocenters. The number of nitrogens with zero attached hydrogens (tertiary/aromatic N) is 1. The van der Waals surface area contributed by atoms with Crippen LogP contribution in [-0.4, -0.2) is 47.2 Å². The largest absolute Gasteiger partial charge is 0.494 e. The average Bonchev–Trinajstić information content (AvgIpc) is 3.25. The molecule has 0 saturated carbocycles. The van der Waals surface area contributed by atoms with Crippen LogP contribution in [0.2, 0.25) is 0 Å². The first-order valence-electron chi connectivity index (χ1n) is 6.01. The lowest BCUT2D eigenvalue weighted by atomic mass is 10.0. The van der Waals surface area contributed by atoms with Gasteiger partial charge in [0.1, 0.15) is 24.1 Å². The summed E-state index contributed by atoms with van der Waals surface area (Å²) in [6.45, 7) is 0. The van der Waals surface area contributed by atoms with E-state index >= 15 is 0 Å². The van der Waals surface area contributed by atoms with Crippen molar-refractivity contribution < 1.29 is 24.2 Å². The van der Waals surface area contributed by atoms with E-state index < -0.39 is 24.2 Å². The quantitative estimate of drug-likeness (QED) is 0.716. The van der Waals surface area contributed by atoms with E-state index in [0.29, 0.717) is 5.75 Å². The fourth-order valence-corrected chi connectivity index (χ4v) is 2.12. The Hall–Kier alpha value is -2.25. The number of nitrogens with one attached hydrogen (secondary N) is 1. The second-order valence-electron chi connectivity index (χ2n) is 4.48. The van der Waals surface area contributed by atoms with E-state index in [1.165, 1.54) is 19.4 Å². The van der Waals surface area contributed by atoms with E-state index in [2.05, 4.69) is 10.3 Å². The fraction of sp³-hybridized carbons (Fsp3) is 0.308. The van der Waals surface area contributed by atoms with Crippen LogP contribution in [0.25, 0.3) is 0 Å². The highest BCUT2D eigenvalue weighted by molar-refractivity contribution is 6.01. The lowest BCUT2D eigenvalue weighted by Gasteiger charge is -2.17. The van der Waals surface area contributed by atoms with Crippen molar-refractivity contribution in [1.29, 1.82) is 0 Å². The number of methoxy groups -OCH3 is 1. The van der Waals surface area contributed by atoms with Gasteiger partial charge >= 0.3 is 0 Å². The molecule has 2 N–H and O–H groups in total. The first kappa shape index (κ1) is 12.8. The number of hydrogen-bond acceptors (Lipinski definition) is 6. The lowest BCUT2D eigenvalue weighted by Crippen LogP contribution is -2.38. The summed E-state index contributed by atoms with van der Waals surface area (Å²) in [5, 5.41) is 12.4. The number of amides is 1. The summed E-state index contributed by atoms with van der Waals surface area (Å²) in [5.41, 5.74) is 0.195. The summed E-state index contributed by atoms with van der Waals surface area (Å²) in [4.78, 5) is 27.6. The molecule has 0 bridgehead atoms. The summed E-state index contributed by atoms with van der Waals surface area (Å²) >= 11 is 0. The van der Waals surface area contributed by atoms with Crippen molar-refractivity contribution in [2.45, 2.75) is 18.3 Å². The number of pyridine rings is 1. The summed E-state index contributed by atoms with van der Waals surface area (Å²) in [6, 6.07) is 3.23. The Kier molecular flexibility index (Phi) is 3.00. The molecule has 1 fully saturated rings. The van der Waals surface area contributed by atoms with Crippen molar-refractivity contribution in [1.82, 2.24) is 10.3 Å². The van der Waals surface area contributed by atoms with E-state index in [4.69, 9.17) is 9.47 Å². The van der Waals surface area contributed by atoms with Gasteiger partial charge in [0.25, 0.3) is 5.91 Å². The number of carbonyl (C=O) groups excluding carboxylic acids is 2. The lowest BCUT2D eigenvalue weighted by molar-refractivity contribution is -0.116. The highest BCUT2D eigenvalue weighted by atomic mass is 16.6. The summed E-state index contributed by atoms with van der Waals surface area (Å²) in [6.07, 6.45) is 0.486. The van der Waals surface area contributed by atoms with Crippen molar-refractivity contribution in [2.24, 2.45) is 0 Å². The Balaban J connectivity index is 1.81. The van der Waals surface area contributed by atoms with Gasteiger partial charge in [-0.15, -0.1) is 0 Å². The smallest absolute Gasteiger partial charge is 0.277 e. The number of hydrogen-bond donors (Lipinski definition) is 2. The average molecular weight is 276 g/mol. The number of aromatic nitrogens is 1. The second kappa shape index (κ2) is 4.69. The monoisotopic (exact) mass is 276 g/mol. The molecule has 1 aromatic heterocycles. The molecule has 2 heterocycles. The van der Waals surface area contributed by atoms with Crippen molar-refractivity contribution in [2.75, 3.05) is 7.11 Å². The Morgan fingerprint density at radius 2 is 2.35 bits per heavy atom. The molecule has 1 amide bonds. The van der Waals surface area contributed by atoms with Gasteiger partial charge in [0, 0.05) is 12.3 Å². The normalized spacial score (nSPS) is 27.4. The molecule has 0 aromatic carbocycles. The zero-order chi connectivity index (χ0) is 14.3. The van der Waals surface area contributed by atoms with Crippen LogP contribution in [0.1, 0.15) is 10.5 Å². The molecule has 104 valence electrons. The number of fused-ring (bicyclic) bond motifs is 1.